The summed E-state index contributed by atoms with van der Waals surface area (Å²) in [6, 6.07) is 8.88. The third-order valence-corrected chi connectivity index (χ3v) is 4.60. The lowest BCUT2D eigenvalue weighted by Gasteiger charge is -2.32. The monoisotopic (exact) mass is 272 g/mol. The van der Waals surface area contributed by atoms with Crippen LogP contribution in [-0.2, 0) is 11.2 Å². The Bertz CT molecular complexity index is 486. The molecule has 0 bridgehead atoms. The van der Waals surface area contributed by atoms with Gasteiger partial charge in [0.25, 0.3) is 0 Å². The SMILES string of the molecule is C[C@H]1C[C@@H](C(=O)N2CCCCc3ccccc32)CCN1. The Balaban J connectivity index is 1.83. The first-order valence-corrected chi connectivity index (χ1v) is 7.88. The molecule has 3 heteroatoms. The van der Waals surface area contributed by atoms with E-state index in [1.165, 1.54) is 12.0 Å². The van der Waals surface area contributed by atoms with Gasteiger partial charge in [0.05, 0.1) is 0 Å². The number of benzene rings is 1. The number of piperidine rings is 1. The summed E-state index contributed by atoms with van der Waals surface area (Å²) in [5.41, 5.74) is 2.49. The molecule has 0 saturated carbocycles. The predicted octanol–water partition coefficient (Wildman–Crippen LogP) is 2.74. The van der Waals surface area contributed by atoms with Crippen LogP contribution in [-0.4, -0.2) is 25.0 Å². The molecule has 2 aliphatic heterocycles. The van der Waals surface area contributed by atoms with E-state index in [2.05, 4.69) is 41.4 Å². The first-order chi connectivity index (χ1) is 9.75. The van der Waals surface area contributed by atoms with Gasteiger partial charge >= 0.3 is 0 Å². The van der Waals surface area contributed by atoms with Crippen molar-refractivity contribution in [1.29, 1.82) is 0 Å². The topological polar surface area (TPSA) is 32.3 Å². The molecule has 3 rings (SSSR count). The highest BCUT2D eigenvalue weighted by Gasteiger charge is 2.30. The molecule has 1 fully saturated rings. The first kappa shape index (κ1) is 13.6. The van der Waals surface area contributed by atoms with Crippen molar-refractivity contribution < 1.29 is 4.79 Å². The molecule has 1 N–H and O–H groups in total. The zero-order valence-electron chi connectivity index (χ0n) is 12.3. The Kier molecular flexibility index (Phi) is 4.06. The number of anilines is 1. The molecule has 0 aromatic heterocycles. The number of rotatable bonds is 1. The van der Waals surface area contributed by atoms with Gasteiger partial charge in [0.2, 0.25) is 5.91 Å². The molecule has 0 radical (unpaired) electrons. The molecule has 3 nitrogen and oxygen atoms in total. The van der Waals surface area contributed by atoms with Crippen molar-refractivity contribution in [2.75, 3.05) is 18.0 Å². The number of carbonyl (C=O) groups is 1. The van der Waals surface area contributed by atoms with Gasteiger partial charge < -0.3 is 10.2 Å². The number of carbonyl (C=O) groups excluding carboxylic acids is 1. The molecule has 2 heterocycles. The van der Waals surface area contributed by atoms with Crippen LogP contribution < -0.4 is 10.2 Å². The van der Waals surface area contributed by atoms with Gasteiger partial charge in [-0.3, -0.25) is 4.79 Å². The van der Waals surface area contributed by atoms with E-state index in [-0.39, 0.29) is 5.92 Å². The van der Waals surface area contributed by atoms with Crippen LogP contribution in [0.5, 0.6) is 0 Å². The molecule has 2 aliphatic rings. The van der Waals surface area contributed by atoms with Gasteiger partial charge in [-0.25, -0.2) is 0 Å². The molecular weight excluding hydrogens is 248 g/mol. The van der Waals surface area contributed by atoms with Gasteiger partial charge in [-0.15, -0.1) is 0 Å². The van der Waals surface area contributed by atoms with E-state index >= 15 is 0 Å². The van der Waals surface area contributed by atoms with Gasteiger partial charge in [-0.2, -0.15) is 0 Å². The number of nitrogens with zero attached hydrogens (tertiary/aromatic N) is 1. The van der Waals surface area contributed by atoms with Gasteiger partial charge in [0.15, 0.2) is 0 Å². The quantitative estimate of drug-likeness (QED) is 0.852. The van der Waals surface area contributed by atoms with E-state index in [1.54, 1.807) is 0 Å². The van der Waals surface area contributed by atoms with Crippen molar-refractivity contribution in [3.8, 4) is 0 Å². The van der Waals surface area contributed by atoms with Crippen LogP contribution in [0, 0.1) is 5.92 Å². The molecule has 0 aliphatic carbocycles. The van der Waals surface area contributed by atoms with E-state index in [0.29, 0.717) is 11.9 Å². The molecule has 1 saturated heterocycles. The number of nitrogens with one attached hydrogen (secondary N) is 1. The smallest absolute Gasteiger partial charge is 0.230 e. The summed E-state index contributed by atoms with van der Waals surface area (Å²) in [6.07, 6.45) is 5.34. The van der Waals surface area contributed by atoms with Crippen molar-refractivity contribution in [3.63, 3.8) is 0 Å². The molecule has 0 spiro atoms. The Morgan fingerprint density at radius 3 is 3.00 bits per heavy atom. The van der Waals surface area contributed by atoms with Gasteiger partial charge in [-0.1, -0.05) is 18.2 Å². The van der Waals surface area contributed by atoms with Crippen LogP contribution in [0.3, 0.4) is 0 Å². The summed E-state index contributed by atoms with van der Waals surface area (Å²) in [7, 11) is 0. The molecule has 1 amide bonds. The summed E-state index contributed by atoms with van der Waals surface area (Å²) >= 11 is 0. The molecule has 2 atom stereocenters. The molecular formula is C17H24N2O. The number of hydrogen-bond acceptors (Lipinski definition) is 2. The lowest BCUT2D eigenvalue weighted by atomic mass is 9.91. The van der Waals surface area contributed by atoms with Gasteiger partial charge in [0, 0.05) is 24.2 Å². The minimum atomic E-state index is 0.192. The van der Waals surface area contributed by atoms with Crippen LogP contribution in [0.2, 0.25) is 0 Å². The largest absolute Gasteiger partial charge is 0.314 e. The van der Waals surface area contributed by atoms with Crippen molar-refractivity contribution in [1.82, 2.24) is 5.32 Å². The van der Waals surface area contributed by atoms with E-state index in [4.69, 9.17) is 0 Å². The van der Waals surface area contributed by atoms with Crippen LogP contribution in [0.4, 0.5) is 5.69 Å². The molecule has 1 aromatic rings. The average molecular weight is 272 g/mol. The zero-order chi connectivity index (χ0) is 13.9. The van der Waals surface area contributed by atoms with Crippen molar-refractivity contribution >= 4 is 11.6 Å². The van der Waals surface area contributed by atoms with Crippen LogP contribution >= 0.6 is 0 Å². The summed E-state index contributed by atoms with van der Waals surface area (Å²) in [4.78, 5) is 15.0. The third kappa shape index (κ3) is 2.73. The van der Waals surface area contributed by atoms with Gasteiger partial charge in [-0.05, 0) is 57.2 Å². The molecule has 1 aromatic carbocycles. The Morgan fingerprint density at radius 2 is 2.15 bits per heavy atom. The fourth-order valence-corrected chi connectivity index (χ4v) is 3.50. The van der Waals surface area contributed by atoms with Crippen molar-refractivity contribution in [3.05, 3.63) is 29.8 Å². The summed E-state index contributed by atoms with van der Waals surface area (Å²) in [6.45, 7) is 4.02. The minimum Gasteiger partial charge on any atom is -0.314 e. The number of fused-ring (bicyclic) bond motifs is 1. The normalized spacial score (nSPS) is 26.8. The van der Waals surface area contributed by atoms with Crippen LogP contribution in [0.1, 0.15) is 38.2 Å². The second-order valence-electron chi connectivity index (χ2n) is 6.15. The minimum absolute atomic E-state index is 0.192. The number of hydrogen-bond donors (Lipinski definition) is 1. The summed E-state index contributed by atoms with van der Waals surface area (Å²) in [5, 5.41) is 3.43. The molecule has 0 unspecified atom stereocenters. The highest BCUT2D eigenvalue weighted by molar-refractivity contribution is 5.96. The first-order valence-electron chi connectivity index (χ1n) is 7.88. The molecule has 20 heavy (non-hydrogen) atoms. The highest BCUT2D eigenvalue weighted by atomic mass is 16.2. The fourth-order valence-electron chi connectivity index (χ4n) is 3.50. The van der Waals surface area contributed by atoms with E-state index in [9.17, 15) is 4.79 Å². The second-order valence-corrected chi connectivity index (χ2v) is 6.15. The Morgan fingerprint density at radius 1 is 1.30 bits per heavy atom. The average Bonchev–Trinajstić information content (AvgIpc) is 2.69. The standard InChI is InChI=1S/C17H24N2O/c1-13-12-15(9-10-18-13)17(20)19-11-5-4-7-14-6-2-3-8-16(14)19/h2-3,6,8,13,15,18H,4-5,7,9-12H2,1H3/t13-,15-/m0/s1. The lowest BCUT2D eigenvalue weighted by Crippen LogP contribution is -2.44. The highest BCUT2D eigenvalue weighted by Crippen LogP contribution is 2.29. The number of amides is 1. The third-order valence-electron chi connectivity index (χ3n) is 4.60. The van der Waals surface area contributed by atoms with Crippen molar-refractivity contribution in [2.45, 2.75) is 45.1 Å². The Hall–Kier alpha value is -1.35. The lowest BCUT2D eigenvalue weighted by molar-refractivity contribution is -0.123. The molecule has 108 valence electrons. The number of para-hydroxylation sites is 1. The van der Waals surface area contributed by atoms with E-state index < -0.39 is 0 Å². The van der Waals surface area contributed by atoms with Crippen molar-refractivity contribution in [2.24, 2.45) is 5.92 Å². The second kappa shape index (κ2) is 5.96. The Labute approximate surface area is 121 Å². The number of aryl methyl sites for hydroxylation is 1. The maximum Gasteiger partial charge on any atom is 0.230 e. The van der Waals surface area contributed by atoms with E-state index in [1.807, 2.05) is 0 Å². The fraction of sp³-hybridized carbons (Fsp3) is 0.588. The maximum atomic E-state index is 12.9. The summed E-state index contributed by atoms with van der Waals surface area (Å²) in [5.74, 6) is 0.533. The zero-order valence-corrected chi connectivity index (χ0v) is 12.3. The van der Waals surface area contributed by atoms with E-state index in [0.717, 1.165) is 44.5 Å². The van der Waals surface area contributed by atoms with Crippen LogP contribution in [0.15, 0.2) is 24.3 Å². The van der Waals surface area contributed by atoms with Crippen LogP contribution in [0.25, 0.3) is 0 Å². The van der Waals surface area contributed by atoms with Gasteiger partial charge in [0.1, 0.15) is 0 Å². The summed E-state index contributed by atoms with van der Waals surface area (Å²) < 4.78 is 0. The predicted molar refractivity (Wildman–Crippen MR) is 81.9 cm³/mol. The maximum absolute atomic E-state index is 12.9.